The highest BCUT2D eigenvalue weighted by Gasteiger charge is 2.18. The topological polar surface area (TPSA) is 32.3 Å². The van der Waals surface area contributed by atoms with E-state index in [0.717, 1.165) is 37.5 Å². The van der Waals surface area contributed by atoms with Gasteiger partial charge in [0.2, 0.25) is 0 Å². The average Bonchev–Trinajstić information content (AvgIpc) is 2.62. The fourth-order valence-electron chi connectivity index (χ4n) is 2.99. The molecule has 4 heteroatoms. The number of benzene rings is 1. The van der Waals surface area contributed by atoms with E-state index in [4.69, 9.17) is 0 Å². The maximum absolute atomic E-state index is 4.44. The molecule has 3 aromatic rings. The van der Waals surface area contributed by atoms with Crippen molar-refractivity contribution in [3.05, 3.63) is 60.9 Å². The van der Waals surface area contributed by atoms with Gasteiger partial charge in [-0.15, -0.1) is 0 Å². The van der Waals surface area contributed by atoms with Crippen molar-refractivity contribution in [2.45, 2.75) is 0 Å². The first-order valence-corrected chi connectivity index (χ1v) is 7.66. The number of fused-ring (bicyclic) bond motifs is 1. The number of hydrogen-bond acceptors (Lipinski definition) is 4. The predicted molar refractivity (Wildman–Crippen MR) is 90.4 cm³/mol. The highest BCUT2D eigenvalue weighted by molar-refractivity contribution is 5.82. The minimum atomic E-state index is 1.00. The van der Waals surface area contributed by atoms with Gasteiger partial charge in [0.15, 0.2) is 0 Å². The van der Waals surface area contributed by atoms with Crippen LogP contribution in [-0.4, -0.2) is 36.1 Å². The number of rotatable bonds is 2. The SMILES string of the molecule is c1ccc(N2CCN(c3ccc4ncccc4c3)CC2)nc1. The number of anilines is 2. The van der Waals surface area contributed by atoms with E-state index in [1.54, 1.807) is 0 Å². The molecule has 1 aliphatic rings. The Labute approximate surface area is 130 Å². The smallest absolute Gasteiger partial charge is 0.128 e. The third-order valence-electron chi connectivity index (χ3n) is 4.20. The third kappa shape index (κ3) is 2.48. The van der Waals surface area contributed by atoms with Gasteiger partial charge in [0, 0.05) is 49.6 Å². The maximum atomic E-state index is 4.44. The summed E-state index contributed by atoms with van der Waals surface area (Å²) >= 11 is 0. The van der Waals surface area contributed by atoms with Crippen LogP contribution in [0.3, 0.4) is 0 Å². The lowest BCUT2D eigenvalue weighted by molar-refractivity contribution is 0.648. The van der Waals surface area contributed by atoms with Gasteiger partial charge in [0.1, 0.15) is 5.82 Å². The summed E-state index contributed by atoms with van der Waals surface area (Å²) in [5.41, 5.74) is 2.33. The second kappa shape index (κ2) is 5.64. The molecule has 22 heavy (non-hydrogen) atoms. The highest BCUT2D eigenvalue weighted by atomic mass is 15.3. The quantitative estimate of drug-likeness (QED) is 0.726. The summed E-state index contributed by atoms with van der Waals surface area (Å²) in [5, 5.41) is 1.20. The molecule has 0 N–H and O–H groups in total. The molecule has 1 saturated heterocycles. The number of piperazine rings is 1. The molecule has 0 spiro atoms. The predicted octanol–water partition coefficient (Wildman–Crippen LogP) is 2.96. The van der Waals surface area contributed by atoms with E-state index in [0.29, 0.717) is 0 Å². The second-order valence-corrected chi connectivity index (χ2v) is 5.54. The van der Waals surface area contributed by atoms with Crippen LogP contribution in [0.4, 0.5) is 11.5 Å². The van der Waals surface area contributed by atoms with Gasteiger partial charge in [-0.25, -0.2) is 4.98 Å². The molecule has 1 fully saturated rings. The van der Waals surface area contributed by atoms with Gasteiger partial charge < -0.3 is 9.80 Å². The molecule has 4 nitrogen and oxygen atoms in total. The Hall–Kier alpha value is -2.62. The van der Waals surface area contributed by atoms with E-state index in [1.807, 2.05) is 30.6 Å². The summed E-state index contributed by atoms with van der Waals surface area (Å²) in [4.78, 5) is 13.6. The molecule has 4 rings (SSSR count). The second-order valence-electron chi connectivity index (χ2n) is 5.54. The van der Waals surface area contributed by atoms with E-state index in [1.165, 1.54) is 11.1 Å². The van der Waals surface area contributed by atoms with Crippen molar-refractivity contribution in [3.8, 4) is 0 Å². The zero-order valence-electron chi connectivity index (χ0n) is 12.4. The van der Waals surface area contributed by atoms with Gasteiger partial charge in [-0.2, -0.15) is 0 Å². The Bertz CT molecular complexity index is 764. The molecule has 3 heterocycles. The van der Waals surface area contributed by atoms with Crippen molar-refractivity contribution in [1.29, 1.82) is 0 Å². The normalized spacial score (nSPS) is 15.3. The van der Waals surface area contributed by atoms with Gasteiger partial charge in [-0.1, -0.05) is 12.1 Å². The van der Waals surface area contributed by atoms with Crippen LogP contribution in [0.15, 0.2) is 60.9 Å². The minimum Gasteiger partial charge on any atom is -0.368 e. The molecule has 0 aliphatic carbocycles. The largest absolute Gasteiger partial charge is 0.368 e. The molecule has 0 atom stereocenters. The summed E-state index contributed by atoms with van der Waals surface area (Å²) in [5.74, 6) is 1.07. The Morgan fingerprint density at radius 3 is 2.36 bits per heavy atom. The zero-order valence-corrected chi connectivity index (χ0v) is 12.4. The lowest BCUT2D eigenvalue weighted by Gasteiger charge is -2.36. The van der Waals surface area contributed by atoms with Gasteiger partial charge in [0.05, 0.1) is 5.52 Å². The van der Waals surface area contributed by atoms with Gasteiger partial charge in [0.25, 0.3) is 0 Å². The first-order chi connectivity index (χ1) is 10.9. The molecule has 2 aromatic heterocycles. The van der Waals surface area contributed by atoms with Gasteiger partial charge in [-0.05, 0) is 36.4 Å². The molecular formula is C18H18N4. The van der Waals surface area contributed by atoms with Crippen LogP contribution in [0.2, 0.25) is 0 Å². The number of pyridine rings is 2. The van der Waals surface area contributed by atoms with Crippen molar-refractivity contribution in [2.75, 3.05) is 36.0 Å². The summed E-state index contributed by atoms with van der Waals surface area (Å²) in [6.45, 7) is 4.04. The van der Waals surface area contributed by atoms with E-state index >= 15 is 0 Å². The van der Waals surface area contributed by atoms with E-state index in [-0.39, 0.29) is 0 Å². The molecular weight excluding hydrogens is 272 g/mol. The number of aromatic nitrogens is 2. The van der Waals surface area contributed by atoms with Crippen molar-refractivity contribution in [2.24, 2.45) is 0 Å². The van der Waals surface area contributed by atoms with E-state index in [2.05, 4.69) is 50.1 Å². The third-order valence-corrected chi connectivity index (χ3v) is 4.20. The van der Waals surface area contributed by atoms with Crippen LogP contribution in [0.25, 0.3) is 10.9 Å². The highest BCUT2D eigenvalue weighted by Crippen LogP contribution is 2.23. The monoisotopic (exact) mass is 290 g/mol. The van der Waals surface area contributed by atoms with Crippen LogP contribution in [-0.2, 0) is 0 Å². The molecule has 0 unspecified atom stereocenters. The fraction of sp³-hybridized carbons (Fsp3) is 0.222. The lowest BCUT2D eigenvalue weighted by atomic mass is 10.1. The standard InChI is InChI=1S/C18H18N4/c1-2-8-20-18(5-1)22-12-10-21(11-13-22)16-6-7-17-15(14-16)4-3-9-19-17/h1-9,14H,10-13H2. The van der Waals surface area contributed by atoms with Gasteiger partial charge >= 0.3 is 0 Å². The van der Waals surface area contributed by atoms with E-state index in [9.17, 15) is 0 Å². The Morgan fingerprint density at radius 2 is 1.55 bits per heavy atom. The first kappa shape index (κ1) is 13.1. The van der Waals surface area contributed by atoms with Crippen LogP contribution < -0.4 is 9.80 Å². The average molecular weight is 290 g/mol. The summed E-state index contributed by atoms with van der Waals surface area (Å²) < 4.78 is 0. The van der Waals surface area contributed by atoms with Crippen LogP contribution in [0.1, 0.15) is 0 Å². The summed E-state index contributed by atoms with van der Waals surface area (Å²) in [6, 6.07) is 16.7. The van der Waals surface area contributed by atoms with Crippen LogP contribution in [0.5, 0.6) is 0 Å². The minimum absolute atomic E-state index is 1.00. The molecule has 0 amide bonds. The molecule has 1 aliphatic heterocycles. The van der Waals surface area contributed by atoms with E-state index < -0.39 is 0 Å². The lowest BCUT2D eigenvalue weighted by Crippen LogP contribution is -2.46. The zero-order chi connectivity index (χ0) is 14.8. The number of nitrogens with zero attached hydrogens (tertiary/aromatic N) is 4. The Balaban J connectivity index is 1.50. The maximum Gasteiger partial charge on any atom is 0.128 e. The first-order valence-electron chi connectivity index (χ1n) is 7.66. The van der Waals surface area contributed by atoms with Gasteiger partial charge in [-0.3, -0.25) is 4.98 Å². The molecule has 0 bridgehead atoms. The summed E-state index contributed by atoms with van der Waals surface area (Å²) in [6.07, 6.45) is 3.70. The Morgan fingerprint density at radius 1 is 0.727 bits per heavy atom. The molecule has 0 radical (unpaired) electrons. The molecule has 110 valence electrons. The molecule has 0 saturated carbocycles. The van der Waals surface area contributed by atoms with Crippen LogP contribution in [0, 0.1) is 0 Å². The molecule has 1 aromatic carbocycles. The van der Waals surface area contributed by atoms with Crippen LogP contribution >= 0.6 is 0 Å². The fourth-order valence-corrected chi connectivity index (χ4v) is 2.99. The Kier molecular flexibility index (Phi) is 3.35. The number of hydrogen-bond donors (Lipinski definition) is 0. The summed E-state index contributed by atoms with van der Waals surface area (Å²) in [7, 11) is 0. The van der Waals surface area contributed by atoms with Crippen molar-refractivity contribution >= 4 is 22.4 Å². The van der Waals surface area contributed by atoms with Crippen molar-refractivity contribution in [1.82, 2.24) is 9.97 Å². The van der Waals surface area contributed by atoms with Crippen molar-refractivity contribution < 1.29 is 0 Å². The van der Waals surface area contributed by atoms with Crippen molar-refractivity contribution in [3.63, 3.8) is 0 Å².